The first-order valence-corrected chi connectivity index (χ1v) is 11.0. The maximum atomic E-state index is 12.7. The smallest absolute Gasteiger partial charge is 0.330 e. The van der Waals surface area contributed by atoms with Crippen molar-refractivity contribution in [1.82, 2.24) is 14.9 Å². The molecule has 0 radical (unpaired) electrons. The van der Waals surface area contributed by atoms with E-state index < -0.39 is 29.7 Å². The molecule has 2 aromatic rings. The molecule has 0 atom stereocenters. The van der Waals surface area contributed by atoms with Crippen molar-refractivity contribution in [2.75, 3.05) is 30.3 Å². The fraction of sp³-hybridized carbons (Fsp3) is 0.435. The molecular weight excluding hydrogens is 442 g/mol. The van der Waals surface area contributed by atoms with Gasteiger partial charge in [-0.1, -0.05) is 44.2 Å². The van der Waals surface area contributed by atoms with Crippen LogP contribution in [0.1, 0.15) is 39.2 Å². The Morgan fingerprint density at radius 3 is 2.47 bits per heavy atom. The third-order valence-electron chi connectivity index (χ3n) is 5.02. The summed E-state index contributed by atoms with van der Waals surface area (Å²) in [6.45, 7) is 4.68. The first-order valence-electron chi connectivity index (χ1n) is 11.0. The highest BCUT2D eigenvalue weighted by molar-refractivity contribution is 5.97. The molecule has 0 aliphatic heterocycles. The second-order valence-electron chi connectivity index (χ2n) is 8.07. The quantitative estimate of drug-likeness (QED) is 0.404. The van der Waals surface area contributed by atoms with Gasteiger partial charge in [-0.3, -0.25) is 28.7 Å². The standard InChI is InChI=1S/C23H31N5O6/c1-4-27(18(30)14-34-19(31)12-25-17(29)11-10-15(2)3)20-21(24)28(23(33)26-22(20)32)13-16-8-6-5-7-9-16/h5-9,15H,4,10-14,24H2,1-3H3,(H,25,29)(H,26,32,33). The number of rotatable bonds is 11. The summed E-state index contributed by atoms with van der Waals surface area (Å²) in [6, 6.07) is 9.00. The highest BCUT2D eigenvalue weighted by atomic mass is 16.5. The molecule has 0 saturated carbocycles. The lowest BCUT2D eigenvalue weighted by molar-refractivity contribution is -0.147. The number of nitrogens with one attached hydrogen (secondary N) is 2. The number of nitrogens with zero attached hydrogens (tertiary/aromatic N) is 2. The van der Waals surface area contributed by atoms with Gasteiger partial charge in [0, 0.05) is 13.0 Å². The number of anilines is 2. The fourth-order valence-corrected chi connectivity index (χ4v) is 3.17. The van der Waals surface area contributed by atoms with E-state index in [1.54, 1.807) is 31.2 Å². The molecule has 4 N–H and O–H groups in total. The SMILES string of the molecule is CCN(C(=O)COC(=O)CNC(=O)CCC(C)C)c1c(N)n(Cc2ccccc2)c(=O)[nH]c1=O. The van der Waals surface area contributed by atoms with Crippen LogP contribution in [0.5, 0.6) is 0 Å². The minimum Gasteiger partial charge on any atom is -0.454 e. The van der Waals surface area contributed by atoms with Gasteiger partial charge in [0.25, 0.3) is 11.5 Å². The van der Waals surface area contributed by atoms with E-state index in [2.05, 4.69) is 10.3 Å². The third kappa shape index (κ3) is 7.32. The van der Waals surface area contributed by atoms with Gasteiger partial charge in [0.15, 0.2) is 12.3 Å². The molecule has 1 aromatic carbocycles. The van der Waals surface area contributed by atoms with E-state index in [0.29, 0.717) is 12.3 Å². The lowest BCUT2D eigenvalue weighted by Crippen LogP contribution is -2.43. The highest BCUT2D eigenvalue weighted by Gasteiger charge is 2.24. The molecular formula is C23H31N5O6. The van der Waals surface area contributed by atoms with Crippen molar-refractivity contribution in [3.05, 3.63) is 56.7 Å². The minimum absolute atomic E-state index is 0.0408. The van der Waals surface area contributed by atoms with Crippen LogP contribution in [0.25, 0.3) is 0 Å². The Hall–Kier alpha value is -3.89. The number of hydrogen-bond donors (Lipinski definition) is 3. The van der Waals surface area contributed by atoms with Gasteiger partial charge in [0.1, 0.15) is 12.4 Å². The van der Waals surface area contributed by atoms with Gasteiger partial charge in [-0.15, -0.1) is 0 Å². The molecule has 2 amide bonds. The monoisotopic (exact) mass is 473 g/mol. The van der Waals surface area contributed by atoms with Crippen LogP contribution in [0.4, 0.5) is 11.5 Å². The van der Waals surface area contributed by atoms with Crippen molar-refractivity contribution < 1.29 is 19.1 Å². The number of H-pyrrole nitrogens is 1. The Labute approximate surface area is 196 Å². The largest absolute Gasteiger partial charge is 0.454 e. The number of hydrogen-bond acceptors (Lipinski definition) is 7. The average Bonchev–Trinajstić information content (AvgIpc) is 2.80. The number of carbonyl (C=O) groups excluding carboxylic acids is 3. The summed E-state index contributed by atoms with van der Waals surface area (Å²) in [5.41, 5.74) is 5.15. The van der Waals surface area contributed by atoms with E-state index in [-0.39, 0.29) is 43.5 Å². The number of esters is 1. The summed E-state index contributed by atoms with van der Waals surface area (Å²) >= 11 is 0. The summed E-state index contributed by atoms with van der Waals surface area (Å²) in [6.07, 6.45) is 0.974. The summed E-state index contributed by atoms with van der Waals surface area (Å²) in [5.74, 6) is -1.61. The summed E-state index contributed by atoms with van der Waals surface area (Å²) in [4.78, 5) is 64.4. The number of benzene rings is 1. The topological polar surface area (TPSA) is 157 Å². The molecule has 11 heteroatoms. The van der Waals surface area contributed by atoms with Gasteiger partial charge in [0.05, 0.1) is 6.54 Å². The minimum atomic E-state index is -0.828. The Morgan fingerprint density at radius 1 is 1.18 bits per heavy atom. The zero-order valence-electron chi connectivity index (χ0n) is 19.6. The number of carbonyl (C=O) groups is 3. The molecule has 0 fully saturated rings. The highest BCUT2D eigenvalue weighted by Crippen LogP contribution is 2.18. The molecule has 0 bridgehead atoms. The number of amides is 2. The summed E-state index contributed by atoms with van der Waals surface area (Å²) < 4.78 is 6.10. The van der Waals surface area contributed by atoms with Crippen molar-refractivity contribution in [3.8, 4) is 0 Å². The predicted octanol–water partition coefficient (Wildman–Crippen LogP) is 0.616. The van der Waals surface area contributed by atoms with Crippen LogP contribution < -0.4 is 27.2 Å². The normalized spacial score (nSPS) is 10.7. The van der Waals surface area contributed by atoms with Gasteiger partial charge >= 0.3 is 11.7 Å². The van der Waals surface area contributed by atoms with Crippen LogP contribution >= 0.6 is 0 Å². The van der Waals surface area contributed by atoms with E-state index in [0.717, 1.165) is 15.0 Å². The second-order valence-corrected chi connectivity index (χ2v) is 8.07. The van der Waals surface area contributed by atoms with Gasteiger partial charge in [-0.2, -0.15) is 0 Å². The van der Waals surface area contributed by atoms with Gasteiger partial charge in [-0.05, 0) is 24.8 Å². The number of ether oxygens (including phenoxy) is 1. The van der Waals surface area contributed by atoms with Crippen LogP contribution in [0.2, 0.25) is 0 Å². The van der Waals surface area contributed by atoms with Crippen molar-refractivity contribution in [1.29, 1.82) is 0 Å². The molecule has 0 aliphatic rings. The van der Waals surface area contributed by atoms with E-state index >= 15 is 0 Å². The van der Waals surface area contributed by atoms with Crippen molar-refractivity contribution in [3.63, 3.8) is 0 Å². The molecule has 11 nitrogen and oxygen atoms in total. The Bertz CT molecular complexity index is 1120. The van der Waals surface area contributed by atoms with Crippen LogP contribution in [0, 0.1) is 5.92 Å². The molecule has 184 valence electrons. The summed E-state index contributed by atoms with van der Waals surface area (Å²) in [5, 5.41) is 2.44. The van der Waals surface area contributed by atoms with Gasteiger partial charge in [-0.25, -0.2) is 4.79 Å². The fourth-order valence-electron chi connectivity index (χ4n) is 3.17. The first-order chi connectivity index (χ1) is 16.1. The van der Waals surface area contributed by atoms with Crippen LogP contribution in [0.3, 0.4) is 0 Å². The Balaban J connectivity index is 2.09. The average molecular weight is 474 g/mol. The lowest BCUT2D eigenvalue weighted by Gasteiger charge is -2.23. The Kier molecular flexibility index (Phi) is 9.60. The van der Waals surface area contributed by atoms with Crippen LogP contribution in [0.15, 0.2) is 39.9 Å². The zero-order valence-corrected chi connectivity index (χ0v) is 19.6. The number of nitrogens with two attached hydrogens (primary N) is 1. The molecule has 1 heterocycles. The molecule has 34 heavy (non-hydrogen) atoms. The number of likely N-dealkylation sites (N-methyl/N-ethyl adjacent to an activating group) is 1. The van der Waals surface area contributed by atoms with Crippen molar-refractivity contribution in [2.45, 2.75) is 40.2 Å². The molecule has 1 aromatic heterocycles. The maximum absolute atomic E-state index is 12.7. The molecule has 0 spiro atoms. The summed E-state index contributed by atoms with van der Waals surface area (Å²) in [7, 11) is 0. The molecule has 0 saturated heterocycles. The predicted molar refractivity (Wildman–Crippen MR) is 127 cm³/mol. The van der Waals surface area contributed by atoms with Crippen LogP contribution in [-0.4, -0.2) is 47.0 Å². The van der Waals surface area contributed by atoms with Crippen LogP contribution in [-0.2, 0) is 25.7 Å². The van der Waals surface area contributed by atoms with E-state index in [1.165, 1.54) is 0 Å². The van der Waals surface area contributed by atoms with Crippen molar-refractivity contribution >= 4 is 29.3 Å². The maximum Gasteiger partial charge on any atom is 0.330 e. The van der Waals surface area contributed by atoms with Gasteiger partial charge < -0.3 is 20.7 Å². The van der Waals surface area contributed by atoms with E-state index in [4.69, 9.17) is 10.5 Å². The number of aromatic amines is 1. The van der Waals surface area contributed by atoms with E-state index in [9.17, 15) is 24.0 Å². The number of aromatic nitrogens is 2. The van der Waals surface area contributed by atoms with E-state index in [1.807, 2.05) is 19.9 Å². The zero-order chi connectivity index (χ0) is 25.3. The molecule has 0 aliphatic carbocycles. The van der Waals surface area contributed by atoms with Gasteiger partial charge in [0.2, 0.25) is 5.91 Å². The Morgan fingerprint density at radius 2 is 1.85 bits per heavy atom. The second kappa shape index (κ2) is 12.4. The first kappa shape index (κ1) is 26.4. The number of nitrogen functional groups attached to an aromatic ring is 1. The lowest BCUT2D eigenvalue weighted by atomic mass is 10.1. The molecule has 2 rings (SSSR count). The van der Waals surface area contributed by atoms with Crippen molar-refractivity contribution in [2.24, 2.45) is 5.92 Å². The molecule has 0 unspecified atom stereocenters. The third-order valence-corrected chi connectivity index (χ3v) is 5.02.